The van der Waals surface area contributed by atoms with E-state index in [4.69, 9.17) is 11.6 Å². The lowest BCUT2D eigenvalue weighted by molar-refractivity contribution is -0.119. The van der Waals surface area contributed by atoms with Crippen molar-refractivity contribution in [1.29, 1.82) is 0 Å². The van der Waals surface area contributed by atoms with Crippen LogP contribution < -0.4 is 4.90 Å². The Balaban J connectivity index is 1.84. The molecule has 1 aliphatic carbocycles. The van der Waals surface area contributed by atoms with Gasteiger partial charge in [-0.1, -0.05) is 35.9 Å². The number of hydrogen-bond donors (Lipinski definition) is 0. The summed E-state index contributed by atoms with van der Waals surface area (Å²) in [5.74, 6) is -0.0230. The molecule has 0 radical (unpaired) electrons. The highest BCUT2D eigenvalue weighted by atomic mass is 35.5. The van der Waals surface area contributed by atoms with Crippen LogP contribution in [0.3, 0.4) is 0 Å². The number of amides is 1. The van der Waals surface area contributed by atoms with Gasteiger partial charge in [0.05, 0.1) is 10.7 Å². The van der Waals surface area contributed by atoms with Crippen molar-refractivity contribution in [3.05, 3.63) is 70.4 Å². The second-order valence-electron chi connectivity index (χ2n) is 6.85. The van der Waals surface area contributed by atoms with Crippen LogP contribution in [0.5, 0.6) is 0 Å². The third-order valence-corrected chi connectivity index (χ3v) is 6.35. The number of anilines is 1. The summed E-state index contributed by atoms with van der Waals surface area (Å²) in [5, 5.41) is 0.526. The zero-order valence-corrected chi connectivity index (χ0v) is 16.6. The van der Waals surface area contributed by atoms with Crippen LogP contribution in [0, 0.1) is 0 Å². The van der Waals surface area contributed by atoms with E-state index in [9.17, 15) is 9.59 Å². The number of thioether (sulfide) groups is 1. The molecule has 0 bridgehead atoms. The van der Waals surface area contributed by atoms with Crippen LogP contribution in [0.25, 0.3) is 0 Å². The predicted octanol–water partition coefficient (Wildman–Crippen LogP) is 5.59. The van der Waals surface area contributed by atoms with Crippen molar-refractivity contribution in [2.45, 2.75) is 36.5 Å². The van der Waals surface area contributed by atoms with Gasteiger partial charge in [-0.15, -0.1) is 11.8 Å². The molecule has 27 heavy (non-hydrogen) atoms. The monoisotopic (exact) mass is 397 g/mol. The number of ketones is 1. The van der Waals surface area contributed by atoms with Crippen molar-refractivity contribution in [2.75, 3.05) is 11.2 Å². The number of carbonyl (C=O) groups is 2. The molecule has 2 aromatic rings. The number of para-hydroxylation sites is 1. The van der Waals surface area contributed by atoms with E-state index in [0.29, 0.717) is 17.1 Å². The first-order valence-electron chi connectivity index (χ1n) is 9.08. The number of halogens is 1. The molecule has 4 rings (SSSR count). The standard InChI is InChI=1S/C22H20ClNO2S/c1-27-15-11-9-14(10-12-15)16-13-21(26)24(18-6-3-2-5-17(18)23)19-7-4-8-20(25)22(16)19/h2-3,5-6,9-12,16H,4,7-8,13H2,1H3. The maximum atomic E-state index is 13.1. The maximum absolute atomic E-state index is 13.1. The van der Waals surface area contributed by atoms with Gasteiger partial charge >= 0.3 is 0 Å². The summed E-state index contributed by atoms with van der Waals surface area (Å²) in [6.45, 7) is 0. The molecule has 2 aromatic carbocycles. The number of Topliss-reactive ketones (excluding diaryl/α,β-unsaturated/α-hetero) is 1. The second kappa shape index (κ2) is 7.53. The molecule has 0 saturated heterocycles. The lowest BCUT2D eigenvalue weighted by Gasteiger charge is -2.38. The van der Waals surface area contributed by atoms with Crippen molar-refractivity contribution in [3.8, 4) is 0 Å². The minimum absolute atomic E-state index is 0.00417. The van der Waals surface area contributed by atoms with Crippen molar-refractivity contribution < 1.29 is 9.59 Å². The van der Waals surface area contributed by atoms with Gasteiger partial charge in [-0.3, -0.25) is 14.5 Å². The number of hydrogen-bond acceptors (Lipinski definition) is 3. The molecule has 138 valence electrons. The van der Waals surface area contributed by atoms with Gasteiger partial charge in [0, 0.05) is 34.9 Å². The van der Waals surface area contributed by atoms with E-state index in [1.165, 1.54) is 4.90 Å². The summed E-state index contributed by atoms with van der Waals surface area (Å²) in [5.41, 5.74) is 3.32. The van der Waals surface area contributed by atoms with E-state index < -0.39 is 0 Å². The van der Waals surface area contributed by atoms with Crippen molar-refractivity contribution in [3.63, 3.8) is 0 Å². The van der Waals surface area contributed by atoms with Crippen LogP contribution in [-0.2, 0) is 9.59 Å². The van der Waals surface area contributed by atoms with Crippen LogP contribution in [0.15, 0.2) is 64.7 Å². The van der Waals surface area contributed by atoms with Gasteiger partial charge in [-0.05, 0) is 48.9 Å². The van der Waals surface area contributed by atoms with Gasteiger partial charge in [0.1, 0.15) is 0 Å². The van der Waals surface area contributed by atoms with Gasteiger partial charge in [0.2, 0.25) is 5.91 Å². The quantitative estimate of drug-likeness (QED) is 0.633. The lowest BCUT2D eigenvalue weighted by atomic mass is 9.77. The number of nitrogens with zero attached hydrogens (tertiary/aromatic N) is 1. The molecule has 0 aromatic heterocycles. The van der Waals surface area contributed by atoms with E-state index in [0.717, 1.165) is 29.7 Å². The molecule has 5 heteroatoms. The van der Waals surface area contributed by atoms with E-state index >= 15 is 0 Å². The highest BCUT2D eigenvalue weighted by Gasteiger charge is 2.40. The molecule has 1 amide bonds. The van der Waals surface area contributed by atoms with Gasteiger partial charge in [-0.25, -0.2) is 0 Å². The molecule has 3 nitrogen and oxygen atoms in total. The summed E-state index contributed by atoms with van der Waals surface area (Å²) in [7, 11) is 0. The number of benzene rings is 2. The number of allylic oxidation sites excluding steroid dienone is 2. The minimum Gasteiger partial charge on any atom is -0.294 e. The molecule has 0 N–H and O–H groups in total. The maximum Gasteiger partial charge on any atom is 0.232 e. The first-order valence-corrected chi connectivity index (χ1v) is 10.7. The number of carbonyl (C=O) groups excluding carboxylic acids is 2. The molecule has 1 atom stereocenters. The fourth-order valence-electron chi connectivity index (χ4n) is 4.03. The van der Waals surface area contributed by atoms with E-state index in [1.54, 1.807) is 22.7 Å². The zero-order valence-electron chi connectivity index (χ0n) is 15.1. The summed E-state index contributed by atoms with van der Waals surface area (Å²) in [4.78, 5) is 28.9. The van der Waals surface area contributed by atoms with Crippen LogP contribution in [0.1, 0.15) is 37.2 Å². The summed E-state index contributed by atoms with van der Waals surface area (Å²) >= 11 is 8.05. The highest BCUT2D eigenvalue weighted by Crippen LogP contribution is 2.44. The molecule has 2 aliphatic rings. The molecular weight excluding hydrogens is 378 g/mol. The van der Waals surface area contributed by atoms with Gasteiger partial charge < -0.3 is 0 Å². The molecule has 0 spiro atoms. The Morgan fingerprint density at radius 1 is 1.04 bits per heavy atom. The average Bonchev–Trinajstić information content (AvgIpc) is 2.68. The molecule has 0 fully saturated rings. The molecule has 0 saturated carbocycles. The number of rotatable bonds is 3. The Labute approximate surface area is 168 Å². The highest BCUT2D eigenvalue weighted by molar-refractivity contribution is 7.98. The van der Waals surface area contributed by atoms with Crippen LogP contribution in [-0.4, -0.2) is 17.9 Å². The van der Waals surface area contributed by atoms with Gasteiger partial charge in [0.15, 0.2) is 5.78 Å². The van der Waals surface area contributed by atoms with E-state index in [-0.39, 0.29) is 24.0 Å². The Morgan fingerprint density at radius 2 is 1.78 bits per heavy atom. The fourth-order valence-corrected chi connectivity index (χ4v) is 4.65. The lowest BCUT2D eigenvalue weighted by Crippen LogP contribution is -2.40. The first-order chi connectivity index (χ1) is 13.1. The van der Waals surface area contributed by atoms with Crippen molar-refractivity contribution >= 4 is 40.7 Å². The summed E-state index contributed by atoms with van der Waals surface area (Å²) in [6, 6.07) is 15.5. The Hall–Kier alpha value is -2.04. The van der Waals surface area contributed by atoms with Gasteiger partial charge in [0.25, 0.3) is 0 Å². The van der Waals surface area contributed by atoms with E-state index in [2.05, 4.69) is 12.1 Å². The van der Waals surface area contributed by atoms with Crippen molar-refractivity contribution in [1.82, 2.24) is 0 Å². The van der Waals surface area contributed by atoms with Crippen LogP contribution in [0.2, 0.25) is 5.02 Å². The van der Waals surface area contributed by atoms with Gasteiger partial charge in [-0.2, -0.15) is 0 Å². The zero-order chi connectivity index (χ0) is 19.0. The van der Waals surface area contributed by atoms with E-state index in [1.807, 2.05) is 36.6 Å². The Bertz CT molecular complexity index is 936. The third-order valence-electron chi connectivity index (χ3n) is 5.29. The largest absolute Gasteiger partial charge is 0.294 e. The second-order valence-corrected chi connectivity index (χ2v) is 8.13. The van der Waals surface area contributed by atoms with Crippen LogP contribution >= 0.6 is 23.4 Å². The van der Waals surface area contributed by atoms with Crippen molar-refractivity contribution in [2.24, 2.45) is 0 Å². The summed E-state index contributed by atoms with van der Waals surface area (Å²) < 4.78 is 0. The fraction of sp³-hybridized carbons (Fsp3) is 0.273. The molecule has 1 aliphatic heterocycles. The first kappa shape index (κ1) is 18.3. The SMILES string of the molecule is CSc1ccc(C2CC(=O)N(c3ccccc3Cl)C3=C2C(=O)CCC3)cc1. The Kier molecular flexibility index (Phi) is 5.11. The normalized spacial score (nSPS) is 20.1. The predicted molar refractivity (Wildman–Crippen MR) is 110 cm³/mol. The smallest absolute Gasteiger partial charge is 0.232 e. The average molecular weight is 398 g/mol. The molecule has 1 heterocycles. The summed E-state index contributed by atoms with van der Waals surface area (Å²) in [6.07, 6.45) is 4.35. The van der Waals surface area contributed by atoms with Crippen LogP contribution in [0.4, 0.5) is 5.69 Å². The Morgan fingerprint density at radius 3 is 2.48 bits per heavy atom. The minimum atomic E-state index is -0.171. The third kappa shape index (κ3) is 3.32. The topological polar surface area (TPSA) is 37.4 Å². The molecule has 1 unspecified atom stereocenters. The molecular formula is C22H20ClNO2S.